The quantitative estimate of drug-likeness (QED) is 0.748. The van der Waals surface area contributed by atoms with Crippen LogP contribution in [0.25, 0.3) is 0 Å². The molecule has 1 atom stereocenters. The summed E-state index contributed by atoms with van der Waals surface area (Å²) < 4.78 is 10.7. The van der Waals surface area contributed by atoms with Gasteiger partial charge in [-0.2, -0.15) is 15.0 Å². The summed E-state index contributed by atoms with van der Waals surface area (Å²) in [5, 5.41) is 6.31. The first-order valence-corrected chi connectivity index (χ1v) is 7.26. The second-order valence-corrected chi connectivity index (χ2v) is 4.67. The number of anilines is 2. The van der Waals surface area contributed by atoms with Crippen LogP contribution in [0, 0.1) is 5.92 Å². The summed E-state index contributed by atoms with van der Waals surface area (Å²) >= 11 is 0. The van der Waals surface area contributed by atoms with Crippen molar-refractivity contribution in [1.29, 1.82) is 0 Å². The van der Waals surface area contributed by atoms with Crippen LogP contribution in [0.2, 0.25) is 0 Å². The van der Waals surface area contributed by atoms with Crippen molar-refractivity contribution in [3.63, 3.8) is 0 Å². The van der Waals surface area contributed by atoms with E-state index in [1.54, 1.807) is 0 Å². The minimum Gasteiger partial charge on any atom is -0.464 e. The normalized spacial score (nSPS) is 18.0. The monoisotopic (exact) mass is 281 g/mol. The number of nitrogens with one attached hydrogen (secondary N) is 2. The van der Waals surface area contributed by atoms with Gasteiger partial charge in [0.25, 0.3) is 0 Å². The second kappa shape index (κ2) is 7.84. The summed E-state index contributed by atoms with van der Waals surface area (Å²) in [6, 6.07) is 0.352. The molecule has 0 bridgehead atoms. The van der Waals surface area contributed by atoms with Crippen LogP contribution < -0.4 is 15.4 Å². The number of ether oxygens (including phenoxy) is 2. The topological polar surface area (TPSA) is 81.2 Å². The summed E-state index contributed by atoms with van der Waals surface area (Å²) in [7, 11) is 0. The van der Waals surface area contributed by atoms with Gasteiger partial charge in [-0.05, 0) is 32.6 Å². The standard InChI is InChI=1S/C13H23N5O2/c1-3-14-11-16-12(18-13(17-11)20-4-2)15-7-5-10-6-8-19-9-10/h10H,3-9H2,1-2H3,(H2,14,15,16,17,18). The highest BCUT2D eigenvalue weighted by atomic mass is 16.5. The molecule has 7 nitrogen and oxygen atoms in total. The van der Waals surface area contributed by atoms with Crippen molar-refractivity contribution in [3.05, 3.63) is 0 Å². The van der Waals surface area contributed by atoms with Gasteiger partial charge in [0.2, 0.25) is 11.9 Å². The molecule has 0 amide bonds. The average Bonchev–Trinajstić information content (AvgIpc) is 2.92. The Morgan fingerprint density at radius 3 is 2.65 bits per heavy atom. The van der Waals surface area contributed by atoms with E-state index in [2.05, 4.69) is 25.6 Å². The van der Waals surface area contributed by atoms with Crippen LogP contribution in [0.5, 0.6) is 6.01 Å². The van der Waals surface area contributed by atoms with Crippen LogP contribution in [-0.4, -0.2) is 47.9 Å². The van der Waals surface area contributed by atoms with Gasteiger partial charge in [0.15, 0.2) is 0 Å². The Hall–Kier alpha value is -1.63. The Bertz CT molecular complexity index is 385. The van der Waals surface area contributed by atoms with E-state index in [4.69, 9.17) is 9.47 Å². The van der Waals surface area contributed by atoms with Crippen LogP contribution in [0.15, 0.2) is 0 Å². The van der Waals surface area contributed by atoms with Crippen molar-refractivity contribution < 1.29 is 9.47 Å². The van der Waals surface area contributed by atoms with E-state index in [9.17, 15) is 0 Å². The van der Waals surface area contributed by atoms with E-state index in [0.29, 0.717) is 30.4 Å². The van der Waals surface area contributed by atoms with Gasteiger partial charge in [0, 0.05) is 26.3 Å². The predicted octanol–water partition coefficient (Wildman–Crippen LogP) is 1.54. The lowest BCUT2D eigenvalue weighted by Crippen LogP contribution is -2.13. The van der Waals surface area contributed by atoms with Gasteiger partial charge in [-0.15, -0.1) is 0 Å². The molecule has 112 valence electrons. The summed E-state index contributed by atoms with van der Waals surface area (Å²) in [5.41, 5.74) is 0. The first-order chi connectivity index (χ1) is 9.81. The summed E-state index contributed by atoms with van der Waals surface area (Å²) in [5.74, 6) is 1.74. The fourth-order valence-corrected chi connectivity index (χ4v) is 2.07. The molecule has 7 heteroatoms. The maximum absolute atomic E-state index is 5.36. The van der Waals surface area contributed by atoms with Gasteiger partial charge in [0.05, 0.1) is 6.61 Å². The lowest BCUT2D eigenvalue weighted by Gasteiger charge is -2.11. The largest absolute Gasteiger partial charge is 0.464 e. The lowest BCUT2D eigenvalue weighted by atomic mass is 10.1. The van der Waals surface area contributed by atoms with E-state index in [1.807, 2.05) is 13.8 Å². The highest BCUT2D eigenvalue weighted by Crippen LogP contribution is 2.16. The number of hydrogen-bond donors (Lipinski definition) is 2. The van der Waals surface area contributed by atoms with Crippen LogP contribution in [-0.2, 0) is 4.74 Å². The Kier molecular flexibility index (Phi) is 5.79. The molecule has 1 fully saturated rings. The Labute approximate surface area is 119 Å². The molecule has 2 heterocycles. The molecule has 0 radical (unpaired) electrons. The molecular weight excluding hydrogens is 258 g/mol. The van der Waals surface area contributed by atoms with Crippen molar-refractivity contribution in [1.82, 2.24) is 15.0 Å². The van der Waals surface area contributed by atoms with Crippen LogP contribution in [0.1, 0.15) is 26.7 Å². The number of aromatic nitrogens is 3. The fourth-order valence-electron chi connectivity index (χ4n) is 2.07. The summed E-state index contributed by atoms with van der Waals surface area (Å²) in [6.07, 6.45) is 2.21. The third-order valence-corrected chi connectivity index (χ3v) is 3.08. The Morgan fingerprint density at radius 2 is 2.00 bits per heavy atom. The molecule has 1 aliphatic rings. The lowest BCUT2D eigenvalue weighted by molar-refractivity contribution is 0.185. The van der Waals surface area contributed by atoms with Gasteiger partial charge in [-0.1, -0.05) is 0 Å². The van der Waals surface area contributed by atoms with Crippen molar-refractivity contribution in [2.45, 2.75) is 26.7 Å². The Morgan fingerprint density at radius 1 is 1.20 bits per heavy atom. The summed E-state index contributed by atoms with van der Waals surface area (Å²) in [6.45, 7) is 7.78. The molecule has 1 saturated heterocycles. The first kappa shape index (κ1) is 14.8. The Balaban J connectivity index is 1.90. The first-order valence-electron chi connectivity index (χ1n) is 7.26. The van der Waals surface area contributed by atoms with Crippen LogP contribution >= 0.6 is 0 Å². The molecule has 1 aliphatic heterocycles. The maximum atomic E-state index is 5.36. The zero-order chi connectivity index (χ0) is 14.2. The van der Waals surface area contributed by atoms with Gasteiger partial charge >= 0.3 is 6.01 Å². The third-order valence-electron chi connectivity index (χ3n) is 3.08. The average molecular weight is 281 g/mol. The van der Waals surface area contributed by atoms with E-state index in [-0.39, 0.29) is 0 Å². The summed E-state index contributed by atoms with van der Waals surface area (Å²) in [4.78, 5) is 12.7. The van der Waals surface area contributed by atoms with E-state index < -0.39 is 0 Å². The highest BCUT2D eigenvalue weighted by molar-refractivity contribution is 5.35. The molecule has 20 heavy (non-hydrogen) atoms. The SMILES string of the molecule is CCNc1nc(NCCC2CCOC2)nc(OCC)n1. The predicted molar refractivity (Wildman–Crippen MR) is 77.2 cm³/mol. The van der Waals surface area contributed by atoms with Gasteiger partial charge in [0.1, 0.15) is 0 Å². The van der Waals surface area contributed by atoms with Crippen LogP contribution in [0.3, 0.4) is 0 Å². The molecule has 0 aliphatic carbocycles. The van der Waals surface area contributed by atoms with Crippen molar-refractivity contribution in [2.75, 3.05) is 43.5 Å². The molecule has 2 rings (SSSR count). The second-order valence-electron chi connectivity index (χ2n) is 4.67. The molecule has 1 aromatic heterocycles. The van der Waals surface area contributed by atoms with Crippen molar-refractivity contribution in [2.24, 2.45) is 5.92 Å². The molecule has 0 aromatic carbocycles. The van der Waals surface area contributed by atoms with Crippen molar-refractivity contribution >= 4 is 11.9 Å². The molecule has 2 N–H and O–H groups in total. The van der Waals surface area contributed by atoms with E-state index >= 15 is 0 Å². The third kappa shape index (κ3) is 4.48. The van der Waals surface area contributed by atoms with Gasteiger partial charge < -0.3 is 20.1 Å². The van der Waals surface area contributed by atoms with Crippen LogP contribution in [0.4, 0.5) is 11.9 Å². The molecule has 0 spiro atoms. The van der Waals surface area contributed by atoms with E-state index in [1.165, 1.54) is 0 Å². The molecular formula is C13H23N5O2. The van der Waals surface area contributed by atoms with E-state index in [0.717, 1.165) is 39.1 Å². The zero-order valence-corrected chi connectivity index (χ0v) is 12.2. The smallest absolute Gasteiger partial charge is 0.323 e. The fraction of sp³-hybridized carbons (Fsp3) is 0.769. The van der Waals surface area contributed by atoms with Gasteiger partial charge in [-0.25, -0.2) is 0 Å². The minimum absolute atomic E-state index is 0.352. The van der Waals surface area contributed by atoms with Gasteiger partial charge in [-0.3, -0.25) is 0 Å². The zero-order valence-electron chi connectivity index (χ0n) is 12.2. The number of nitrogens with zero attached hydrogens (tertiary/aromatic N) is 3. The maximum Gasteiger partial charge on any atom is 0.323 e. The molecule has 1 aromatic rings. The molecule has 0 saturated carbocycles. The number of rotatable bonds is 8. The van der Waals surface area contributed by atoms with Crippen molar-refractivity contribution in [3.8, 4) is 6.01 Å². The highest BCUT2D eigenvalue weighted by Gasteiger charge is 2.15. The molecule has 1 unspecified atom stereocenters. The number of hydrogen-bond acceptors (Lipinski definition) is 7. The minimum atomic E-state index is 0.352.